The summed E-state index contributed by atoms with van der Waals surface area (Å²) in [5, 5.41) is 0. The molecule has 2 aliphatic rings. The molecule has 0 bridgehead atoms. The summed E-state index contributed by atoms with van der Waals surface area (Å²) < 4.78 is 13.9. The van der Waals surface area contributed by atoms with Crippen molar-refractivity contribution >= 4 is 23.4 Å². The lowest BCUT2D eigenvalue weighted by atomic mass is 10.0. The first kappa shape index (κ1) is 17.2. The molecule has 0 atom stereocenters. The number of piperazine rings is 1. The van der Waals surface area contributed by atoms with E-state index < -0.39 is 5.91 Å². The van der Waals surface area contributed by atoms with E-state index in [2.05, 4.69) is 0 Å². The summed E-state index contributed by atoms with van der Waals surface area (Å²) in [5.41, 5.74) is 1.50. The Morgan fingerprint density at radius 3 is 2.30 bits per heavy atom. The summed E-state index contributed by atoms with van der Waals surface area (Å²) in [4.78, 5) is 41.5. The zero-order chi connectivity index (χ0) is 19.1. The van der Waals surface area contributed by atoms with Crippen LogP contribution in [0.15, 0.2) is 42.5 Å². The maximum Gasteiger partial charge on any atom is 0.261 e. The van der Waals surface area contributed by atoms with Gasteiger partial charge in [0.25, 0.3) is 17.7 Å². The zero-order valence-electron chi connectivity index (χ0n) is 14.8. The second kappa shape index (κ2) is 6.50. The molecule has 6 nitrogen and oxygen atoms in total. The van der Waals surface area contributed by atoms with E-state index in [9.17, 15) is 18.8 Å². The van der Waals surface area contributed by atoms with E-state index in [4.69, 9.17) is 0 Å². The minimum absolute atomic E-state index is 0.194. The first-order valence-corrected chi connectivity index (χ1v) is 8.72. The van der Waals surface area contributed by atoms with Gasteiger partial charge >= 0.3 is 0 Å². The van der Waals surface area contributed by atoms with Crippen LogP contribution >= 0.6 is 0 Å². The molecule has 0 saturated carbocycles. The Labute approximate surface area is 155 Å². The van der Waals surface area contributed by atoms with Crippen LogP contribution in [0.1, 0.15) is 31.1 Å². The SMILES string of the molecule is CN1C(=O)c2ccc(C(=O)N3CCN(c4ccccc4F)CC3)cc2C1=O. The number of hydrogen-bond donors (Lipinski definition) is 0. The first-order chi connectivity index (χ1) is 13.0. The third kappa shape index (κ3) is 2.85. The van der Waals surface area contributed by atoms with Gasteiger partial charge in [-0.15, -0.1) is 0 Å². The number of anilines is 1. The fourth-order valence-corrected chi connectivity index (χ4v) is 3.54. The number of imide groups is 1. The van der Waals surface area contributed by atoms with Crippen molar-refractivity contribution in [2.24, 2.45) is 0 Å². The Kier molecular flexibility index (Phi) is 4.14. The standard InChI is InChI=1S/C20H18FN3O3/c1-22-19(26)14-7-6-13(12-15(14)20(22)27)18(25)24-10-8-23(9-11-24)17-5-3-2-4-16(17)21/h2-7,12H,8-11H2,1H3. The Morgan fingerprint density at radius 1 is 0.926 bits per heavy atom. The molecular formula is C20H18FN3O3. The molecular weight excluding hydrogens is 349 g/mol. The zero-order valence-corrected chi connectivity index (χ0v) is 14.8. The quantitative estimate of drug-likeness (QED) is 0.762. The van der Waals surface area contributed by atoms with Crippen molar-refractivity contribution in [2.45, 2.75) is 0 Å². The number of hydrogen-bond acceptors (Lipinski definition) is 4. The predicted octanol–water partition coefficient (Wildman–Crippen LogP) is 2.01. The fraction of sp³-hybridized carbons (Fsp3) is 0.250. The highest BCUT2D eigenvalue weighted by Crippen LogP contribution is 2.24. The Balaban J connectivity index is 1.49. The molecule has 0 aromatic heterocycles. The van der Waals surface area contributed by atoms with Gasteiger partial charge in [-0.3, -0.25) is 19.3 Å². The maximum absolute atomic E-state index is 13.9. The number of benzene rings is 2. The molecule has 2 aliphatic heterocycles. The van der Waals surface area contributed by atoms with Crippen molar-refractivity contribution in [1.29, 1.82) is 0 Å². The summed E-state index contributed by atoms with van der Waals surface area (Å²) >= 11 is 0. The third-order valence-electron chi connectivity index (χ3n) is 5.10. The molecule has 7 heteroatoms. The number of carbonyl (C=O) groups is 3. The van der Waals surface area contributed by atoms with Gasteiger partial charge in [-0.25, -0.2) is 4.39 Å². The van der Waals surface area contributed by atoms with Crippen LogP contribution in [-0.2, 0) is 0 Å². The van der Waals surface area contributed by atoms with Crippen molar-refractivity contribution in [3.05, 3.63) is 65.0 Å². The minimum atomic E-state index is -0.394. The third-order valence-corrected chi connectivity index (χ3v) is 5.10. The van der Waals surface area contributed by atoms with E-state index in [0.29, 0.717) is 43.0 Å². The second-order valence-electron chi connectivity index (χ2n) is 6.66. The number of carbonyl (C=O) groups excluding carboxylic acids is 3. The molecule has 2 aromatic carbocycles. The molecule has 1 fully saturated rings. The van der Waals surface area contributed by atoms with Gasteiger partial charge in [0, 0.05) is 38.8 Å². The number of para-hydroxylation sites is 1. The smallest absolute Gasteiger partial charge is 0.261 e. The maximum atomic E-state index is 13.9. The number of nitrogens with zero attached hydrogens (tertiary/aromatic N) is 3. The van der Waals surface area contributed by atoms with Crippen LogP contribution in [0.4, 0.5) is 10.1 Å². The summed E-state index contributed by atoms with van der Waals surface area (Å²) in [6.45, 7) is 1.96. The predicted molar refractivity (Wildman–Crippen MR) is 97.4 cm³/mol. The largest absolute Gasteiger partial charge is 0.366 e. The minimum Gasteiger partial charge on any atom is -0.366 e. The van der Waals surface area contributed by atoms with Gasteiger partial charge in [-0.2, -0.15) is 0 Å². The normalized spacial score (nSPS) is 16.7. The van der Waals surface area contributed by atoms with Crippen LogP contribution in [-0.4, -0.2) is 60.7 Å². The highest BCUT2D eigenvalue weighted by Gasteiger charge is 2.34. The molecule has 0 spiro atoms. The van der Waals surface area contributed by atoms with Crippen LogP contribution in [0.3, 0.4) is 0 Å². The topological polar surface area (TPSA) is 60.9 Å². The van der Waals surface area contributed by atoms with Crippen molar-refractivity contribution in [3.63, 3.8) is 0 Å². The number of rotatable bonds is 2. The van der Waals surface area contributed by atoms with E-state index in [0.717, 1.165) is 4.90 Å². The van der Waals surface area contributed by atoms with Crippen molar-refractivity contribution in [1.82, 2.24) is 9.80 Å². The van der Waals surface area contributed by atoms with E-state index >= 15 is 0 Å². The summed E-state index contributed by atoms with van der Waals surface area (Å²) in [6.07, 6.45) is 0. The molecule has 2 aromatic rings. The van der Waals surface area contributed by atoms with Gasteiger partial charge in [0.15, 0.2) is 0 Å². The number of fused-ring (bicyclic) bond motifs is 1. The lowest BCUT2D eigenvalue weighted by molar-refractivity contribution is 0.0692. The Bertz CT molecular complexity index is 951. The van der Waals surface area contributed by atoms with Crippen molar-refractivity contribution in [2.75, 3.05) is 38.1 Å². The van der Waals surface area contributed by atoms with E-state index in [-0.39, 0.29) is 23.2 Å². The molecule has 4 rings (SSSR count). The van der Waals surface area contributed by atoms with Crippen LogP contribution in [0.5, 0.6) is 0 Å². The highest BCUT2D eigenvalue weighted by atomic mass is 19.1. The van der Waals surface area contributed by atoms with Crippen LogP contribution < -0.4 is 4.90 Å². The lowest BCUT2D eigenvalue weighted by Crippen LogP contribution is -2.49. The van der Waals surface area contributed by atoms with Gasteiger partial charge < -0.3 is 9.80 Å². The Morgan fingerprint density at radius 2 is 1.59 bits per heavy atom. The summed E-state index contributed by atoms with van der Waals surface area (Å²) in [7, 11) is 1.42. The molecule has 0 N–H and O–H groups in total. The van der Waals surface area contributed by atoms with Crippen LogP contribution in [0.25, 0.3) is 0 Å². The first-order valence-electron chi connectivity index (χ1n) is 8.72. The molecule has 138 valence electrons. The van der Waals surface area contributed by atoms with Crippen LogP contribution in [0.2, 0.25) is 0 Å². The van der Waals surface area contributed by atoms with Gasteiger partial charge in [-0.05, 0) is 30.3 Å². The summed E-state index contributed by atoms with van der Waals surface area (Å²) in [6, 6.07) is 11.2. The van der Waals surface area contributed by atoms with Gasteiger partial charge in [0.1, 0.15) is 5.82 Å². The Hall–Kier alpha value is -3.22. The second-order valence-corrected chi connectivity index (χ2v) is 6.66. The van der Waals surface area contributed by atoms with Gasteiger partial charge in [0.2, 0.25) is 0 Å². The molecule has 3 amide bonds. The molecule has 0 radical (unpaired) electrons. The molecule has 0 unspecified atom stereocenters. The average molecular weight is 367 g/mol. The van der Waals surface area contributed by atoms with Crippen molar-refractivity contribution in [3.8, 4) is 0 Å². The number of halogens is 1. The monoisotopic (exact) mass is 367 g/mol. The number of amides is 3. The van der Waals surface area contributed by atoms with Gasteiger partial charge in [-0.1, -0.05) is 12.1 Å². The lowest BCUT2D eigenvalue weighted by Gasteiger charge is -2.36. The molecule has 1 saturated heterocycles. The van der Waals surface area contributed by atoms with E-state index in [1.54, 1.807) is 29.2 Å². The summed E-state index contributed by atoms with van der Waals surface area (Å²) in [5.74, 6) is -1.22. The highest BCUT2D eigenvalue weighted by molar-refractivity contribution is 6.21. The van der Waals surface area contributed by atoms with Crippen LogP contribution in [0, 0.1) is 5.82 Å². The fourth-order valence-electron chi connectivity index (χ4n) is 3.54. The molecule has 27 heavy (non-hydrogen) atoms. The van der Waals surface area contributed by atoms with E-state index in [1.165, 1.54) is 25.2 Å². The molecule has 0 aliphatic carbocycles. The van der Waals surface area contributed by atoms with Crippen molar-refractivity contribution < 1.29 is 18.8 Å². The van der Waals surface area contributed by atoms with Gasteiger partial charge in [0.05, 0.1) is 16.8 Å². The average Bonchev–Trinajstić information content (AvgIpc) is 2.92. The van der Waals surface area contributed by atoms with E-state index in [1.807, 2.05) is 4.90 Å². The molecule has 2 heterocycles.